The fourth-order valence-electron chi connectivity index (χ4n) is 2.38. The third-order valence-corrected chi connectivity index (χ3v) is 3.62. The molecule has 0 saturated carbocycles. The van der Waals surface area contributed by atoms with Crippen molar-refractivity contribution in [2.45, 2.75) is 38.5 Å². The fourth-order valence-corrected chi connectivity index (χ4v) is 2.38. The summed E-state index contributed by atoms with van der Waals surface area (Å²) in [5.74, 6) is 0. The van der Waals surface area contributed by atoms with Crippen LogP contribution in [0.3, 0.4) is 0 Å². The molecule has 6 heteroatoms. The molecule has 3 aliphatic rings. The van der Waals surface area contributed by atoms with E-state index in [1.54, 1.807) is 0 Å². The second kappa shape index (κ2) is 26.6. The number of nitrogens with one attached hydrogen (secondary N) is 1. The molecule has 3 rings (SSSR count). The quantitative estimate of drug-likeness (QED) is 0.522. The number of rotatable bonds is 0. The van der Waals surface area contributed by atoms with Gasteiger partial charge in [-0.2, -0.15) is 0 Å². The van der Waals surface area contributed by atoms with Gasteiger partial charge in [-0.3, -0.25) is 0 Å². The zero-order valence-corrected chi connectivity index (χ0v) is 16.1. The molecule has 3 heterocycles. The standard InChI is InChI=1S/2C5H11N.C4H9N.3CH4O.2H2/c2*1-6-4-2-3-5-6;1-2-4-5-3-1;3*1-2;;/h2*2-5H2,1H3;5H,1-4H2;3*2H,1H3;2*1H/i;;;2*2T;;2*1+2T. The fraction of sp³-hybridized carbons (Fsp3) is 1.00. The first kappa shape index (κ1) is 19.1. The number of hydrogen-bond donors (Lipinski definition) is 4. The summed E-state index contributed by atoms with van der Waals surface area (Å²) in [6, 6.07) is 0. The molecule has 0 aromatic heterocycles. The Morgan fingerprint density at radius 1 is 0.783 bits per heavy atom. The van der Waals surface area contributed by atoms with Gasteiger partial charge in [-0.05, 0) is 91.9 Å². The Morgan fingerprint density at radius 3 is 1.13 bits per heavy atom. The minimum atomic E-state index is 1.00. The summed E-state index contributed by atoms with van der Waals surface area (Å²) in [5, 5.41) is 17.2. The van der Waals surface area contributed by atoms with E-state index in [1.807, 2.05) is 0 Å². The third-order valence-electron chi connectivity index (χ3n) is 3.62. The van der Waals surface area contributed by atoms with Gasteiger partial charge in [0.05, 0.1) is 0 Å². The lowest BCUT2D eigenvalue weighted by Gasteiger charge is -2.01. The molecule has 0 spiro atoms. The van der Waals surface area contributed by atoms with Crippen LogP contribution >= 0.6 is 0 Å². The van der Waals surface area contributed by atoms with Crippen molar-refractivity contribution in [2.24, 2.45) is 0 Å². The molecule has 148 valence electrons. The number of aliphatic hydroxyl groups is 3. The zero-order chi connectivity index (χ0) is 23.8. The normalized spacial score (nSPS) is 21.1. The van der Waals surface area contributed by atoms with Gasteiger partial charge in [0.15, 0.2) is 0 Å². The van der Waals surface area contributed by atoms with Gasteiger partial charge in [0.2, 0.25) is 2.86 Å². The van der Waals surface area contributed by atoms with Crippen molar-refractivity contribution in [1.29, 1.82) is 2.86 Å². The van der Waals surface area contributed by atoms with Crippen LogP contribution in [0.25, 0.3) is 0 Å². The molecule has 0 aromatic rings. The number of likely N-dealkylation sites (tertiary alicyclic amines) is 2. The van der Waals surface area contributed by atoms with Crippen LogP contribution in [0.1, 0.15) is 44.5 Å². The Balaban J connectivity index is -0.0000000796. The average molecular weight is 354 g/mol. The van der Waals surface area contributed by atoms with Gasteiger partial charge < -0.3 is 30.4 Å². The summed E-state index contributed by atoms with van der Waals surface area (Å²) in [5.41, 5.74) is 0. The first-order valence-corrected chi connectivity index (χ1v) is 8.63. The molecule has 3 fully saturated rings. The van der Waals surface area contributed by atoms with Crippen LogP contribution in [0.2, 0.25) is 0 Å². The van der Waals surface area contributed by atoms with Crippen molar-refractivity contribution in [1.82, 2.24) is 15.1 Å². The molecular formula is C17H47N3O3. The molecule has 0 aliphatic carbocycles. The molecule has 23 heavy (non-hydrogen) atoms. The van der Waals surface area contributed by atoms with Crippen molar-refractivity contribution in [2.75, 3.05) is 74.7 Å². The van der Waals surface area contributed by atoms with Gasteiger partial charge in [0.1, 0.15) is 0 Å². The van der Waals surface area contributed by atoms with Gasteiger partial charge in [-0.1, -0.05) is 0 Å². The van der Waals surface area contributed by atoms with E-state index in [0.29, 0.717) is 0 Å². The van der Waals surface area contributed by atoms with E-state index in [0.717, 1.165) is 7.11 Å². The zero-order valence-electron chi connectivity index (χ0n) is 22.1. The molecule has 0 atom stereocenters. The van der Waals surface area contributed by atoms with Crippen LogP contribution in [0.15, 0.2) is 0 Å². The lowest BCUT2D eigenvalue weighted by atomic mass is 10.4. The monoisotopic (exact) mass is 353 g/mol. The highest BCUT2D eigenvalue weighted by Gasteiger charge is 2.03. The van der Waals surface area contributed by atoms with Crippen LogP contribution in [0, 0.1) is 0 Å². The number of hydrogen-bond acceptors (Lipinski definition) is 6. The van der Waals surface area contributed by atoms with Gasteiger partial charge in [0.25, 0.3) is 0 Å². The van der Waals surface area contributed by atoms with Crippen LogP contribution in [0.4, 0.5) is 0 Å². The van der Waals surface area contributed by atoms with Crippen molar-refractivity contribution < 1.29 is 21.3 Å². The summed E-state index contributed by atoms with van der Waals surface area (Å²) in [4.78, 5) is 4.72. The maximum atomic E-state index is 7.00. The maximum absolute atomic E-state index is 7.00. The van der Waals surface area contributed by atoms with E-state index >= 15 is 0 Å². The second-order valence-electron chi connectivity index (χ2n) is 5.48. The van der Waals surface area contributed by atoms with Gasteiger partial charge in [-0.25, -0.2) is 0 Å². The van der Waals surface area contributed by atoms with Gasteiger partial charge in [-0.15, -0.1) is 0 Å². The van der Waals surface area contributed by atoms with Crippen LogP contribution in [-0.2, 0) is 0 Å². The first-order chi connectivity index (χ1) is 14.1. The molecule has 0 bridgehead atoms. The largest absolute Gasteiger partial charge is 0.400 e. The Kier molecular flexibility index (Phi) is 22.1. The van der Waals surface area contributed by atoms with Crippen molar-refractivity contribution in [3.05, 3.63) is 0 Å². The Bertz CT molecular complexity index is 191. The number of aliphatic hydroxyl groups excluding tert-OH is 3. The van der Waals surface area contributed by atoms with E-state index in [4.69, 9.17) is 13.9 Å². The third kappa shape index (κ3) is 24.1. The van der Waals surface area contributed by atoms with E-state index < -0.39 is 0 Å². The molecule has 3 aliphatic heterocycles. The van der Waals surface area contributed by atoms with E-state index in [9.17, 15) is 0 Å². The minimum absolute atomic E-state index is 1.00. The van der Waals surface area contributed by atoms with Crippen molar-refractivity contribution in [3.8, 4) is 0 Å². The van der Waals surface area contributed by atoms with Crippen LogP contribution in [0.5, 0.6) is 0 Å². The van der Waals surface area contributed by atoms with Crippen LogP contribution in [-0.4, -0.2) is 103 Å². The first-order valence-electron chi connectivity index (χ1n) is 11.4. The SMILES string of the molecule is C1CCNC1.CN1CCCC1.CN1CCCC1.CO.[3H]OC.[3H]OC.[3H][3H].[3H][3H]. The molecule has 0 amide bonds. The predicted molar refractivity (Wildman–Crippen MR) is 104 cm³/mol. The molecular weight excluding hydrogens is 294 g/mol. The highest BCUT2D eigenvalue weighted by molar-refractivity contribution is 4.60. The topological polar surface area (TPSA) is 79.2 Å². The predicted octanol–water partition coefficient (Wildman–Crippen LogP) is 1.11. The summed E-state index contributed by atoms with van der Waals surface area (Å²) >= 11 is 0. The van der Waals surface area contributed by atoms with E-state index in [-0.39, 0.29) is 0 Å². The highest BCUT2D eigenvalue weighted by Crippen LogP contribution is 2.02. The Labute approximate surface area is 153 Å². The smallest absolute Gasteiger partial charge is 0.210 e. The molecule has 0 unspecified atom stereocenters. The summed E-state index contributed by atoms with van der Waals surface area (Å²) in [7, 11) is 7.93. The average Bonchev–Trinajstić information content (AvgIpc) is 3.54. The Morgan fingerprint density at radius 2 is 1.04 bits per heavy atom. The summed E-state index contributed by atoms with van der Waals surface area (Å²) in [6.45, 7) is 7.78. The van der Waals surface area contributed by atoms with Gasteiger partial charge in [0, 0.05) is 27.3 Å². The number of nitrogens with zero attached hydrogens (tertiary/aromatic N) is 2. The lowest BCUT2D eigenvalue weighted by Crippen LogP contribution is -2.10. The molecule has 0 radical (unpaired) electrons. The highest BCUT2D eigenvalue weighted by atomic mass is 16.2. The second-order valence-corrected chi connectivity index (χ2v) is 5.48. The minimum Gasteiger partial charge on any atom is -0.400 e. The van der Waals surface area contributed by atoms with E-state index in [2.05, 4.69) is 39.4 Å². The van der Waals surface area contributed by atoms with Crippen molar-refractivity contribution in [3.63, 3.8) is 0 Å². The summed E-state index contributed by atoms with van der Waals surface area (Å²) < 4.78 is 31.4. The van der Waals surface area contributed by atoms with Gasteiger partial charge >= 0.3 is 0 Å². The van der Waals surface area contributed by atoms with Crippen molar-refractivity contribution >= 4 is 0 Å². The summed E-state index contributed by atoms with van der Waals surface area (Å²) in [6.07, 6.45) is 8.43. The maximum Gasteiger partial charge on any atom is 0.210 e. The Hall–Kier alpha value is -0.240. The van der Waals surface area contributed by atoms with Crippen LogP contribution < -0.4 is 5.32 Å². The van der Waals surface area contributed by atoms with E-state index in [1.165, 1.54) is 92.0 Å². The molecule has 0 aromatic carbocycles. The lowest BCUT2D eigenvalue weighted by molar-refractivity contribution is 0.399. The molecule has 3 saturated heterocycles. The molecule has 6 nitrogen and oxygen atoms in total. The molecule has 4 N–H and O–H groups in total.